The Bertz CT molecular complexity index is 429. The Morgan fingerprint density at radius 1 is 1.26 bits per heavy atom. The molecule has 0 saturated heterocycles. The number of hydrogen-bond donors (Lipinski definition) is 1. The zero-order valence-corrected chi connectivity index (χ0v) is 10.6. The van der Waals surface area contributed by atoms with Crippen LogP contribution in [-0.4, -0.2) is 23.4 Å². The largest absolute Gasteiger partial charge is 0.463 e. The van der Waals surface area contributed by atoms with Crippen molar-refractivity contribution in [3.8, 4) is 0 Å². The van der Waals surface area contributed by atoms with Gasteiger partial charge in [-0.2, -0.15) is 13.2 Å². The van der Waals surface area contributed by atoms with Crippen molar-refractivity contribution in [3.05, 3.63) is 35.9 Å². The van der Waals surface area contributed by atoms with E-state index in [0.29, 0.717) is 0 Å². The van der Waals surface area contributed by atoms with Crippen molar-refractivity contribution in [1.29, 1.82) is 0 Å². The van der Waals surface area contributed by atoms with Crippen LogP contribution in [0.3, 0.4) is 0 Å². The second-order valence-electron chi connectivity index (χ2n) is 4.44. The SMILES string of the molecule is CC(C)OC(=O)C[C@@](O)(c1ccccc1)C(F)(F)F. The zero-order valence-electron chi connectivity index (χ0n) is 10.6. The number of alkyl halides is 3. The van der Waals surface area contributed by atoms with Gasteiger partial charge in [-0.25, -0.2) is 0 Å². The van der Waals surface area contributed by atoms with Gasteiger partial charge in [0, 0.05) is 0 Å². The molecular weight excluding hydrogens is 261 g/mol. The van der Waals surface area contributed by atoms with Gasteiger partial charge >= 0.3 is 12.1 Å². The summed E-state index contributed by atoms with van der Waals surface area (Å²) in [5, 5.41) is 9.88. The highest BCUT2D eigenvalue weighted by atomic mass is 19.4. The summed E-state index contributed by atoms with van der Waals surface area (Å²) in [7, 11) is 0. The van der Waals surface area contributed by atoms with Crippen molar-refractivity contribution in [2.24, 2.45) is 0 Å². The van der Waals surface area contributed by atoms with E-state index in [1.165, 1.54) is 32.0 Å². The molecule has 1 aromatic carbocycles. The van der Waals surface area contributed by atoms with E-state index < -0.39 is 30.3 Å². The molecule has 0 aliphatic heterocycles. The smallest absolute Gasteiger partial charge is 0.422 e. The van der Waals surface area contributed by atoms with Crippen LogP contribution in [0.2, 0.25) is 0 Å². The van der Waals surface area contributed by atoms with E-state index in [1.807, 2.05) is 0 Å². The van der Waals surface area contributed by atoms with E-state index in [2.05, 4.69) is 4.74 Å². The van der Waals surface area contributed by atoms with Crippen LogP contribution in [0.15, 0.2) is 30.3 Å². The topological polar surface area (TPSA) is 46.5 Å². The molecule has 106 valence electrons. The van der Waals surface area contributed by atoms with Gasteiger partial charge in [0.15, 0.2) is 5.60 Å². The van der Waals surface area contributed by atoms with Crippen molar-refractivity contribution in [3.63, 3.8) is 0 Å². The summed E-state index contributed by atoms with van der Waals surface area (Å²) in [5.74, 6) is -1.10. The van der Waals surface area contributed by atoms with Crippen molar-refractivity contribution in [2.75, 3.05) is 0 Å². The Morgan fingerprint density at radius 2 is 1.79 bits per heavy atom. The number of ether oxygens (including phenoxy) is 1. The van der Waals surface area contributed by atoms with E-state index in [-0.39, 0.29) is 5.56 Å². The maximum atomic E-state index is 13.0. The maximum absolute atomic E-state index is 13.0. The highest BCUT2D eigenvalue weighted by molar-refractivity contribution is 5.71. The van der Waals surface area contributed by atoms with Crippen LogP contribution in [0.5, 0.6) is 0 Å². The van der Waals surface area contributed by atoms with Crippen molar-refractivity contribution in [2.45, 2.75) is 38.1 Å². The minimum absolute atomic E-state index is 0.386. The fourth-order valence-corrected chi connectivity index (χ4v) is 1.59. The lowest BCUT2D eigenvalue weighted by Gasteiger charge is -2.30. The second kappa shape index (κ2) is 5.61. The molecule has 0 saturated carbocycles. The highest BCUT2D eigenvalue weighted by Gasteiger charge is 2.56. The third-order valence-electron chi connectivity index (χ3n) is 2.49. The van der Waals surface area contributed by atoms with E-state index >= 15 is 0 Å². The van der Waals surface area contributed by atoms with Gasteiger partial charge < -0.3 is 9.84 Å². The first kappa shape index (κ1) is 15.5. The molecule has 6 heteroatoms. The third-order valence-corrected chi connectivity index (χ3v) is 2.49. The van der Waals surface area contributed by atoms with Crippen LogP contribution in [0.25, 0.3) is 0 Å². The first-order valence-electron chi connectivity index (χ1n) is 5.71. The molecule has 3 nitrogen and oxygen atoms in total. The van der Waals surface area contributed by atoms with Crippen LogP contribution < -0.4 is 0 Å². The Kier molecular flexibility index (Phi) is 4.57. The number of esters is 1. The predicted octanol–water partition coefficient (Wildman–Crippen LogP) is 2.78. The summed E-state index contributed by atoms with van der Waals surface area (Å²) in [6.07, 6.45) is -6.68. The standard InChI is InChI=1S/C13H15F3O3/c1-9(2)19-11(17)8-12(18,13(14,15)16)10-6-4-3-5-7-10/h3-7,9,18H,8H2,1-2H3/t12-/m1/s1. The second-order valence-corrected chi connectivity index (χ2v) is 4.44. The molecule has 19 heavy (non-hydrogen) atoms. The van der Waals surface area contributed by atoms with Gasteiger partial charge in [0.2, 0.25) is 0 Å². The van der Waals surface area contributed by atoms with Gasteiger partial charge in [0.1, 0.15) is 0 Å². The van der Waals surface area contributed by atoms with Gasteiger partial charge in [-0.1, -0.05) is 30.3 Å². The minimum Gasteiger partial charge on any atom is -0.463 e. The van der Waals surface area contributed by atoms with E-state index in [0.717, 1.165) is 12.1 Å². The molecule has 1 N–H and O–H groups in total. The Labute approximate surface area is 109 Å². The van der Waals surface area contributed by atoms with E-state index in [4.69, 9.17) is 0 Å². The molecule has 0 aliphatic rings. The molecule has 1 rings (SSSR count). The molecule has 0 unspecified atom stereocenters. The van der Waals surface area contributed by atoms with E-state index in [1.54, 1.807) is 0 Å². The summed E-state index contributed by atoms with van der Waals surface area (Å²) in [6, 6.07) is 6.48. The number of rotatable bonds is 4. The van der Waals surface area contributed by atoms with Gasteiger partial charge in [-0.3, -0.25) is 4.79 Å². The minimum atomic E-state index is -4.97. The number of halogens is 3. The van der Waals surface area contributed by atoms with Crippen LogP contribution in [-0.2, 0) is 15.1 Å². The number of hydrogen-bond acceptors (Lipinski definition) is 3. The fourth-order valence-electron chi connectivity index (χ4n) is 1.59. The van der Waals surface area contributed by atoms with Crippen molar-refractivity contribution in [1.82, 2.24) is 0 Å². The van der Waals surface area contributed by atoms with Crippen LogP contribution in [0.4, 0.5) is 13.2 Å². The summed E-state index contributed by atoms with van der Waals surface area (Å²) in [6.45, 7) is 3.04. The van der Waals surface area contributed by atoms with Gasteiger partial charge in [0.25, 0.3) is 0 Å². The molecule has 0 fully saturated rings. The zero-order chi connectivity index (χ0) is 14.7. The quantitative estimate of drug-likeness (QED) is 0.860. The average Bonchev–Trinajstić information content (AvgIpc) is 2.27. The van der Waals surface area contributed by atoms with Crippen LogP contribution in [0.1, 0.15) is 25.8 Å². The Hall–Kier alpha value is -1.56. The summed E-state index contributed by atoms with van der Waals surface area (Å²) in [4.78, 5) is 11.4. The molecule has 0 bridgehead atoms. The number of aliphatic hydroxyl groups is 1. The number of carbonyl (C=O) groups excluding carboxylic acids is 1. The first-order chi connectivity index (χ1) is 8.67. The van der Waals surface area contributed by atoms with Crippen LogP contribution in [0, 0.1) is 0 Å². The average molecular weight is 276 g/mol. The van der Waals surface area contributed by atoms with Gasteiger partial charge in [0.05, 0.1) is 12.5 Å². The highest BCUT2D eigenvalue weighted by Crippen LogP contribution is 2.41. The van der Waals surface area contributed by atoms with Gasteiger partial charge in [-0.15, -0.1) is 0 Å². The fraction of sp³-hybridized carbons (Fsp3) is 0.462. The predicted molar refractivity (Wildman–Crippen MR) is 62.2 cm³/mol. The van der Waals surface area contributed by atoms with E-state index in [9.17, 15) is 23.1 Å². The Morgan fingerprint density at radius 3 is 2.21 bits per heavy atom. The lowest BCUT2D eigenvalue weighted by Crippen LogP contribution is -2.44. The molecule has 0 heterocycles. The molecule has 0 spiro atoms. The van der Waals surface area contributed by atoms with Crippen LogP contribution >= 0.6 is 0 Å². The lowest BCUT2D eigenvalue weighted by atomic mass is 9.90. The van der Waals surface area contributed by atoms with Crippen molar-refractivity contribution < 1.29 is 27.8 Å². The maximum Gasteiger partial charge on any atom is 0.422 e. The number of benzene rings is 1. The summed E-state index contributed by atoms with van der Waals surface area (Å²) < 4.78 is 43.8. The number of carbonyl (C=O) groups is 1. The van der Waals surface area contributed by atoms with Gasteiger partial charge in [-0.05, 0) is 19.4 Å². The van der Waals surface area contributed by atoms with Crippen molar-refractivity contribution >= 4 is 5.97 Å². The lowest BCUT2D eigenvalue weighted by molar-refractivity contribution is -0.270. The summed E-state index contributed by atoms with van der Waals surface area (Å²) >= 11 is 0. The monoisotopic (exact) mass is 276 g/mol. The molecule has 0 amide bonds. The Balaban J connectivity index is 3.06. The third kappa shape index (κ3) is 3.70. The molecular formula is C13H15F3O3. The molecule has 1 aromatic rings. The molecule has 0 aromatic heterocycles. The normalized spacial score (nSPS) is 15.1. The molecule has 0 aliphatic carbocycles. The summed E-state index contributed by atoms with van der Waals surface area (Å²) in [5.41, 5.74) is -3.62. The molecule has 1 atom stereocenters. The molecule has 0 radical (unpaired) electrons. The first-order valence-corrected chi connectivity index (χ1v) is 5.71.